The molecule has 1 aromatic heterocycles. The summed E-state index contributed by atoms with van der Waals surface area (Å²) in [5.41, 5.74) is 1.39. The number of nitrogens with one attached hydrogen (secondary N) is 2. The van der Waals surface area contributed by atoms with Gasteiger partial charge in [-0.3, -0.25) is 14.9 Å². The summed E-state index contributed by atoms with van der Waals surface area (Å²) in [6.07, 6.45) is 6.97. The van der Waals surface area contributed by atoms with E-state index in [0.29, 0.717) is 19.3 Å². The molecule has 7 nitrogen and oxygen atoms in total. The van der Waals surface area contributed by atoms with Crippen LogP contribution in [0.2, 0.25) is 0 Å². The Bertz CT molecular complexity index is 764. The van der Waals surface area contributed by atoms with Crippen LogP contribution in [0.15, 0.2) is 59.9 Å². The summed E-state index contributed by atoms with van der Waals surface area (Å²) in [6, 6.07) is 14.5. The SMILES string of the molecule is CCNC(=NCCCOC1CCN(Cc2ccccc2)CC1)NCCOc1cccnc1. The molecule has 1 fully saturated rings. The van der Waals surface area contributed by atoms with E-state index >= 15 is 0 Å². The van der Waals surface area contributed by atoms with Crippen LogP contribution < -0.4 is 15.4 Å². The van der Waals surface area contributed by atoms with Gasteiger partial charge in [-0.05, 0) is 43.9 Å². The first-order chi connectivity index (χ1) is 15.8. The van der Waals surface area contributed by atoms with Crippen LogP contribution >= 0.6 is 0 Å². The molecule has 1 aliphatic heterocycles. The molecule has 32 heavy (non-hydrogen) atoms. The molecule has 0 radical (unpaired) electrons. The first-order valence-corrected chi connectivity index (χ1v) is 11.8. The van der Waals surface area contributed by atoms with Crippen molar-refractivity contribution in [2.45, 2.75) is 38.8 Å². The zero-order chi connectivity index (χ0) is 22.3. The van der Waals surface area contributed by atoms with E-state index in [1.54, 1.807) is 12.4 Å². The third-order valence-electron chi connectivity index (χ3n) is 5.35. The summed E-state index contributed by atoms with van der Waals surface area (Å²) in [5, 5.41) is 6.57. The van der Waals surface area contributed by atoms with Gasteiger partial charge in [-0.15, -0.1) is 0 Å². The Balaban J connectivity index is 1.25. The topological polar surface area (TPSA) is 71.0 Å². The Morgan fingerprint density at radius 3 is 2.69 bits per heavy atom. The highest BCUT2D eigenvalue weighted by molar-refractivity contribution is 5.79. The Morgan fingerprint density at radius 1 is 1.09 bits per heavy atom. The minimum absolute atomic E-state index is 0.377. The lowest BCUT2D eigenvalue weighted by Gasteiger charge is -2.31. The number of guanidine groups is 1. The molecular formula is C25H37N5O2. The molecule has 0 aliphatic carbocycles. The van der Waals surface area contributed by atoms with Crippen LogP contribution in [0.3, 0.4) is 0 Å². The number of ether oxygens (including phenoxy) is 2. The highest BCUT2D eigenvalue weighted by Crippen LogP contribution is 2.16. The van der Waals surface area contributed by atoms with E-state index in [9.17, 15) is 0 Å². The molecule has 2 heterocycles. The summed E-state index contributed by atoms with van der Waals surface area (Å²) >= 11 is 0. The van der Waals surface area contributed by atoms with E-state index in [1.807, 2.05) is 12.1 Å². The Hall–Kier alpha value is -2.64. The fourth-order valence-electron chi connectivity index (χ4n) is 3.69. The monoisotopic (exact) mass is 439 g/mol. The van der Waals surface area contributed by atoms with Gasteiger partial charge in [-0.25, -0.2) is 0 Å². The normalized spacial score (nSPS) is 15.5. The highest BCUT2D eigenvalue weighted by Gasteiger charge is 2.19. The van der Waals surface area contributed by atoms with Crippen molar-refractivity contribution in [3.05, 3.63) is 60.4 Å². The van der Waals surface area contributed by atoms with Crippen molar-refractivity contribution in [1.29, 1.82) is 0 Å². The quantitative estimate of drug-likeness (QED) is 0.301. The first kappa shape index (κ1) is 24.0. The number of nitrogens with zero attached hydrogens (tertiary/aromatic N) is 3. The lowest BCUT2D eigenvalue weighted by Crippen LogP contribution is -2.39. The second-order valence-electron chi connectivity index (χ2n) is 7.91. The standard InChI is InChI=1S/C25H37N5O2/c1-2-27-25(29-15-19-32-24-10-6-13-26-20-24)28-14-7-18-31-23-11-16-30(17-12-23)21-22-8-4-3-5-9-22/h3-6,8-10,13,20,23H,2,7,11-12,14-19,21H2,1H3,(H2,27,28,29). The molecule has 3 rings (SSSR count). The maximum atomic E-state index is 6.11. The zero-order valence-corrected chi connectivity index (χ0v) is 19.2. The number of hydrogen-bond acceptors (Lipinski definition) is 5. The average molecular weight is 440 g/mol. The van der Waals surface area contributed by atoms with Crippen molar-refractivity contribution in [2.75, 3.05) is 45.9 Å². The van der Waals surface area contributed by atoms with Gasteiger partial charge in [-0.1, -0.05) is 30.3 Å². The summed E-state index contributed by atoms with van der Waals surface area (Å²) in [6.45, 7) is 8.88. The molecule has 0 spiro atoms. The van der Waals surface area contributed by atoms with Crippen LogP contribution in [0.5, 0.6) is 5.75 Å². The van der Waals surface area contributed by atoms with Gasteiger partial charge in [-0.2, -0.15) is 0 Å². The molecule has 1 aliphatic rings. The van der Waals surface area contributed by atoms with Gasteiger partial charge in [0, 0.05) is 45.5 Å². The van der Waals surface area contributed by atoms with Crippen LogP contribution in [0, 0.1) is 0 Å². The van der Waals surface area contributed by atoms with Crippen molar-refractivity contribution in [1.82, 2.24) is 20.5 Å². The van der Waals surface area contributed by atoms with Crippen molar-refractivity contribution >= 4 is 5.96 Å². The van der Waals surface area contributed by atoms with Crippen LogP contribution in [0.4, 0.5) is 0 Å². The van der Waals surface area contributed by atoms with E-state index in [2.05, 4.69) is 62.8 Å². The average Bonchev–Trinajstić information content (AvgIpc) is 2.84. The van der Waals surface area contributed by atoms with Gasteiger partial charge in [0.05, 0.1) is 18.8 Å². The zero-order valence-electron chi connectivity index (χ0n) is 19.2. The maximum absolute atomic E-state index is 6.11. The van der Waals surface area contributed by atoms with Gasteiger partial charge < -0.3 is 20.1 Å². The number of piperidine rings is 1. The van der Waals surface area contributed by atoms with Gasteiger partial charge in [0.1, 0.15) is 12.4 Å². The Kier molecular flexibility index (Phi) is 10.8. The number of likely N-dealkylation sites (tertiary alicyclic amines) is 1. The van der Waals surface area contributed by atoms with Gasteiger partial charge in [0.2, 0.25) is 0 Å². The lowest BCUT2D eigenvalue weighted by molar-refractivity contribution is 0.00566. The highest BCUT2D eigenvalue weighted by atomic mass is 16.5. The van der Waals surface area contributed by atoms with Crippen molar-refractivity contribution in [3.63, 3.8) is 0 Å². The molecule has 2 N–H and O–H groups in total. The summed E-state index contributed by atoms with van der Waals surface area (Å²) in [7, 11) is 0. The van der Waals surface area contributed by atoms with Gasteiger partial charge in [0.25, 0.3) is 0 Å². The molecule has 1 saturated heterocycles. The molecule has 1 aromatic carbocycles. The van der Waals surface area contributed by atoms with Gasteiger partial charge >= 0.3 is 0 Å². The predicted molar refractivity (Wildman–Crippen MR) is 129 cm³/mol. The third-order valence-corrected chi connectivity index (χ3v) is 5.35. The third kappa shape index (κ3) is 9.24. The van der Waals surface area contributed by atoms with E-state index in [-0.39, 0.29) is 0 Å². The summed E-state index contributed by atoms with van der Waals surface area (Å²) in [5.74, 6) is 1.59. The number of rotatable bonds is 12. The number of benzene rings is 1. The Labute approximate surface area is 192 Å². The minimum Gasteiger partial charge on any atom is -0.490 e. The molecule has 2 aromatic rings. The molecule has 0 saturated carbocycles. The molecule has 7 heteroatoms. The second kappa shape index (κ2) is 14.4. The molecule has 0 atom stereocenters. The molecule has 174 valence electrons. The van der Waals surface area contributed by atoms with Gasteiger partial charge in [0.15, 0.2) is 5.96 Å². The van der Waals surface area contributed by atoms with Crippen LogP contribution in [-0.4, -0.2) is 67.9 Å². The lowest BCUT2D eigenvalue weighted by atomic mass is 10.1. The molecule has 0 unspecified atom stereocenters. The van der Waals surface area contributed by atoms with Crippen molar-refractivity contribution < 1.29 is 9.47 Å². The predicted octanol–water partition coefficient (Wildman–Crippen LogP) is 3.09. The van der Waals surface area contributed by atoms with Crippen LogP contribution in [0.25, 0.3) is 0 Å². The van der Waals surface area contributed by atoms with Crippen molar-refractivity contribution in [3.8, 4) is 5.75 Å². The fraction of sp³-hybridized carbons (Fsp3) is 0.520. The summed E-state index contributed by atoms with van der Waals surface area (Å²) < 4.78 is 11.8. The molecule has 0 amide bonds. The smallest absolute Gasteiger partial charge is 0.191 e. The Morgan fingerprint density at radius 2 is 1.94 bits per heavy atom. The number of pyridine rings is 1. The first-order valence-electron chi connectivity index (χ1n) is 11.8. The summed E-state index contributed by atoms with van der Waals surface area (Å²) in [4.78, 5) is 11.2. The molecule has 0 bridgehead atoms. The number of aromatic nitrogens is 1. The van der Waals surface area contributed by atoms with Crippen molar-refractivity contribution in [2.24, 2.45) is 4.99 Å². The van der Waals surface area contributed by atoms with E-state index < -0.39 is 0 Å². The minimum atomic E-state index is 0.377. The molecular weight excluding hydrogens is 402 g/mol. The van der Waals surface area contributed by atoms with Crippen LogP contribution in [0.1, 0.15) is 31.7 Å². The van der Waals surface area contributed by atoms with E-state index in [0.717, 1.165) is 70.3 Å². The maximum Gasteiger partial charge on any atom is 0.191 e. The largest absolute Gasteiger partial charge is 0.490 e. The fourth-order valence-corrected chi connectivity index (χ4v) is 3.69. The van der Waals surface area contributed by atoms with E-state index in [1.165, 1.54) is 5.56 Å². The number of hydrogen-bond donors (Lipinski definition) is 2. The second-order valence-corrected chi connectivity index (χ2v) is 7.91. The van der Waals surface area contributed by atoms with E-state index in [4.69, 9.17) is 9.47 Å². The number of aliphatic imine (C=N–C) groups is 1. The van der Waals surface area contributed by atoms with Crippen LogP contribution in [-0.2, 0) is 11.3 Å².